The maximum Gasteiger partial charge on any atom is 0.310 e. The topological polar surface area (TPSA) is 93.6 Å². The van der Waals surface area contributed by atoms with E-state index in [-0.39, 0.29) is 17.3 Å². The average Bonchev–Trinajstić information content (AvgIpc) is 3.39. The summed E-state index contributed by atoms with van der Waals surface area (Å²) in [4.78, 5) is 12.4. The molecule has 0 N–H and O–H groups in total. The van der Waals surface area contributed by atoms with Crippen molar-refractivity contribution >= 4 is 21.5 Å². The first-order valence-electron chi connectivity index (χ1n) is 10.5. The van der Waals surface area contributed by atoms with Crippen LogP contribution in [-0.4, -0.2) is 29.4 Å². The monoisotopic (exact) mass is 461 g/mol. The van der Waals surface area contributed by atoms with Crippen LogP contribution in [0.1, 0.15) is 35.0 Å². The van der Waals surface area contributed by atoms with E-state index in [0.717, 1.165) is 22.3 Å². The summed E-state index contributed by atoms with van der Waals surface area (Å²) in [7, 11) is -3.76. The van der Waals surface area contributed by atoms with Crippen molar-refractivity contribution < 1.29 is 17.9 Å². The number of hydrogen-bond donors (Lipinski definition) is 0. The normalized spacial score (nSPS) is 11.4. The molecule has 0 atom stereocenters. The van der Waals surface area contributed by atoms with Crippen molar-refractivity contribution in [2.75, 3.05) is 6.61 Å². The molecule has 0 amide bonds. The van der Waals surface area contributed by atoms with Crippen LogP contribution in [0.5, 0.6) is 0 Å². The zero-order chi connectivity index (χ0) is 23.6. The minimum absolute atomic E-state index is 0.0956. The van der Waals surface area contributed by atoms with Gasteiger partial charge in [-0.15, -0.1) is 0 Å². The number of carbonyl (C=O) groups is 1. The van der Waals surface area contributed by atoms with Gasteiger partial charge in [-0.2, -0.15) is 5.26 Å². The lowest BCUT2D eigenvalue weighted by Gasteiger charge is -2.12. The quantitative estimate of drug-likeness (QED) is 0.390. The SMILES string of the molecule is CCOC(=O)Cc1c(C)c(Cc2cccn2S(=O)(=O)c2ccccc2)n2cc(C#N)ccc12. The summed E-state index contributed by atoms with van der Waals surface area (Å²) < 4.78 is 34.7. The third kappa shape index (κ3) is 4.15. The second-order valence-electron chi connectivity index (χ2n) is 7.61. The Morgan fingerprint density at radius 3 is 2.55 bits per heavy atom. The van der Waals surface area contributed by atoms with Crippen LogP contribution in [0.3, 0.4) is 0 Å². The van der Waals surface area contributed by atoms with Crippen LogP contribution >= 0.6 is 0 Å². The molecule has 0 radical (unpaired) electrons. The van der Waals surface area contributed by atoms with Gasteiger partial charge in [0.2, 0.25) is 0 Å². The van der Waals surface area contributed by atoms with Gasteiger partial charge in [0.15, 0.2) is 0 Å². The molecule has 0 fully saturated rings. The molecule has 0 aliphatic rings. The number of pyridine rings is 1. The fourth-order valence-corrected chi connectivity index (χ4v) is 5.42. The molecule has 33 heavy (non-hydrogen) atoms. The van der Waals surface area contributed by atoms with Crippen LogP contribution in [0, 0.1) is 18.3 Å². The number of benzene rings is 1. The van der Waals surface area contributed by atoms with Crippen molar-refractivity contribution in [3.8, 4) is 6.07 Å². The summed E-state index contributed by atoms with van der Waals surface area (Å²) in [6.07, 6.45) is 3.64. The van der Waals surface area contributed by atoms with Crippen molar-refractivity contribution in [1.29, 1.82) is 5.26 Å². The van der Waals surface area contributed by atoms with Gasteiger partial charge in [0, 0.05) is 35.7 Å². The van der Waals surface area contributed by atoms with Crippen LogP contribution < -0.4 is 0 Å². The summed E-state index contributed by atoms with van der Waals surface area (Å²) >= 11 is 0. The van der Waals surface area contributed by atoms with Gasteiger partial charge in [-0.1, -0.05) is 18.2 Å². The van der Waals surface area contributed by atoms with Crippen molar-refractivity contribution in [1.82, 2.24) is 8.37 Å². The predicted molar refractivity (Wildman–Crippen MR) is 123 cm³/mol. The molecule has 1 aromatic carbocycles. The lowest BCUT2D eigenvalue weighted by Crippen LogP contribution is -2.15. The highest BCUT2D eigenvalue weighted by atomic mass is 32.2. The Hall–Kier alpha value is -3.83. The van der Waals surface area contributed by atoms with E-state index in [1.54, 1.807) is 61.7 Å². The number of carbonyl (C=O) groups excluding carboxylic acids is 1. The zero-order valence-electron chi connectivity index (χ0n) is 18.4. The van der Waals surface area contributed by atoms with Gasteiger partial charge in [-0.3, -0.25) is 4.79 Å². The first-order chi connectivity index (χ1) is 15.9. The van der Waals surface area contributed by atoms with Crippen LogP contribution in [0.15, 0.2) is 71.9 Å². The highest BCUT2D eigenvalue weighted by Crippen LogP contribution is 2.28. The molecule has 4 aromatic rings. The summed E-state index contributed by atoms with van der Waals surface area (Å²) in [5, 5.41) is 9.39. The Bertz CT molecular complexity index is 1480. The van der Waals surface area contributed by atoms with E-state index >= 15 is 0 Å². The molecule has 8 heteroatoms. The Morgan fingerprint density at radius 2 is 1.85 bits per heavy atom. The van der Waals surface area contributed by atoms with Gasteiger partial charge >= 0.3 is 5.97 Å². The maximum absolute atomic E-state index is 13.2. The van der Waals surface area contributed by atoms with Crippen molar-refractivity contribution in [3.05, 3.63) is 95.1 Å². The number of esters is 1. The molecule has 3 heterocycles. The van der Waals surface area contributed by atoms with E-state index in [4.69, 9.17) is 4.74 Å². The predicted octanol–water partition coefficient (Wildman–Crippen LogP) is 3.85. The number of nitriles is 1. The Morgan fingerprint density at radius 1 is 1.09 bits per heavy atom. The maximum atomic E-state index is 13.2. The lowest BCUT2D eigenvalue weighted by molar-refractivity contribution is -0.142. The van der Waals surface area contributed by atoms with Crippen LogP contribution in [0.2, 0.25) is 0 Å². The van der Waals surface area contributed by atoms with Gasteiger partial charge in [-0.05, 0) is 61.4 Å². The molecule has 4 rings (SSSR count). The van der Waals surface area contributed by atoms with E-state index in [0.29, 0.717) is 24.3 Å². The molecule has 0 saturated carbocycles. The van der Waals surface area contributed by atoms with E-state index in [1.807, 2.05) is 17.4 Å². The van der Waals surface area contributed by atoms with E-state index in [9.17, 15) is 18.5 Å². The second kappa shape index (κ2) is 8.96. The van der Waals surface area contributed by atoms with Crippen LogP contribution in [-0.2, 0) is 32.4 Å². The summed E-state index contributed by atoms with van der Waals surface area (Å²) in [6.45, 7) is 3.95. The Kier molecular flexibility index (Phi) is 6.07. The molecular formula is C25H23N3O4S. The smallest absolute Gasteiger partial charge is 0.310 e. The van der Waals surface area contributed by atoms with Gasteiger partial charge in [-0.25, -0.2) is 12.4 Å². The minimum Gasteiger partial charge on any atom is -0.466 e. The van der Waals surface area contributed by atoms with Crippen molar-refractivity contribution in [2.24, 2.45) is 0 Å². The fourth-order valence-electron chi connectivity index (χ4n) is 4.03. The molecule has 0 spiro atoms. The second-order valence-corrected chi connectivity index (χ2v) is 9.42. The summed E-state index contributed by atoms with van der Waals surface area (Å²) in [6, 6.07) is 17.4. The lowest BCUT2D eigenvalue weighted by atomic mass is 10.1. The molecule has 7 nitrogen and oxygen atoms in total. The Balaban J connectivity index is 1.82. The zero-order valence-corrected chi connectivity index (χ0v) is 19.2. The van der Waals surface area contributed by atoms with Gasteiger partial charge in [0.05, 0.1) is 23.5 Å². The number of ether oxygens (including phenoxy) is 1. The third-order valence-electron chi connectivity index (χ3n) is 5.63. The standard InChI is InChI=1S/C25H23N3O4S/c1-3-32-25(29)15-22-18(2)24(27-17-19(16-26)11-12-23(22)27)14-20-8-7-13-28(20)33(30,31)21-9-5-4-6-10-21/h4-13,17H,3,14-15H2,1-2H3. The molecule has 0 saturated heterocycles. The van der Waals surface area contributed by atoms with Crippen molar-refractivity contribution in [2.45, 2.75) is 31.6 Å². The van der Waals surface area contributed by atoms with Gasteiger partial charge < -0.3 is 9.14 Å². The van der Waals surface area contributed by atoms with E-state index in [2.05, 4.69) is 6.07 Å². The number of fused-ring (bicyclic) bond motifs is 1. The molecule has 0 unspecified atom stereocenters. The summed E-state index contributed by atoms with van der Waals surface area (Å²) in [5.41, 5.74) is 4.31. The van der Waals surface area contributed by atoms with E-state index in [1.165, 1.54) is 10.2 Å². The Labute approximate surface area is 192 Å². The third-order valence-corrected chi connectivity index (χ3v) is 7.37. The van der Waals surface area contributed by atoms with Gasteiger partial charge in [0.1, 0.15) is 6.07 Å². The molecule has 0 bridgehead atoms. The first-order valence-corrected chi connectivity index (χ1v) is 12.0. The molecule has 0 aliphatic heterocycles. The number of aromatic nitrogens is 2. The highest BCUT2D eigenvalue weighted by Gasteiger charge is 2.23. The molecule has 0 aliphatic carbocycles. The van der Waals surface area contributed by atoms with E-state index < -0.39 is 10.0 Å². The highest BCUT2D eigenvalue weighted by molar-refractivity contribution is 7.90. The van der Waals surface area contributed by atoms with Crippen molar-refractivity contribution in [3.63, 3.8) is 0 Å². The molecule has 168 valence electrons. The number of nitrogens with zero attached hydrogens (tertiary/aromatic N) is 3. The average molecular weight is 462 g/mol. The molecule has 3 aromatic heterocycles. The van der Waals surface area contributed by atoms with Gasteiger partial charge in [0.25, 0.3) is 10.0 Å². The number of hydrogen-bond acceptors (Lipinski definition) is 5. The van der Waals surface area contributed by atoms with Crippen LogP contribution in [0.25, 0.3) is 5.52 Å². The fraction of sp³-hybridized carbons (Fsp3) is 0.200. The minimum atomic E-state index is -3.76. The first kappa shape index (κ1) is 22.4. The number of rotatable bonds is 7. The largest absolute Gasteiger partial charge is 0.466 e. The van der Waals surface area contributed by atoms with Crippen LogP contribution in [0.4, 0.5) is 0 Å². The summed E-state index contributed by atoms with van der Waals surface area (Å²) in [5.74, 6) is -0.334. The molecular weight excluding hydrogens is 438 g/mol.